The molecule has 0 saturated heterocycles. The molecule has 0 fully saturated rings. The average Bonchev–Trinajstić information content (AvgIpc) is 2.62. The molecule has 0 aliphatic heterocycles. The Kier molecular flexibility index (Phi) is 5.78. The van der Waals surface area contributed by atoms with Crippen LogP contribution in [0.25, 0.3) is 22.3 Å². The van der Waals surface area contributed by atoms with Gasteiger partial charge in [-0.25, -0.2) is 5.14 Å². The van der Waals surface area contributed by atoms with E-state index in [0.717, 1.165) is 11.1 Å². The van der Waals surface area contributed by atoms with Gasteiger partial charge in [0.05, 0.1) is 5.69 Å². The third-order valence-electron chi connectivity index (χ3n) is 3.87. The van der Waals surface area contributed by atoms with Crippen molar-refractivity contribution in [2.75, 3.05) is 4.72 Å². The maximum absolute atomic E-state index is 12.5. The summed E-state index contributed by atoms with van der Waals surface area (Å²) in [5, 5.41) is 14.8. The van der Waals surface area contributed by atoms with Crippen molar-refractivity contribution in [3.63, 3.8) is 0 Å². The molecule has 0 bridgehead atoms. The van der Waals surface area contributed by atoms with Crippen LogP contribution in [0.1, 0.15) is 0 Å². The van der Waals surface area contributed by atoms with Gasteiger partial charge in [0.1, 0.15) is 5.75 Å². The van der Waals surface area contributed by atoms with E-state index in [-0.39, 0.29) is 28.1 Å². The molecule has 10 heteroatoms. The van der Waals surface area contributed by atoms with Crippen LogP contribution < -0.4 is 9.86 Å². The number of anilines is 1. The number of aromatic hydroxyl groups is 1. The van der Waals surface area contributed by atoms with Crippen LogP contribution in [0.2, 0.25) is 0 Å². The molecule has 3 aromatic rings. The second-order valence-corrected chi connectivity index (χ2v) is 8.46. The highest BCUT2D eigenvalue weighted by Gasteiger charge is 2.29. The van der Waals surface area contributed by atoms with E-state index in [9.17, 15) is 26.7 Å². The fourth-order valence-corrected chi connectivity index (χ4v) is 3.69. The maximum atomic E-state index is 12.5. The summed E-state index contributed by atoms with van der Waals surface area (Å²) in [7, 11) is -4.06. The van der Waals surface area contributed by atoms with E-state index in [1.54, 1.807) is 42.5 Å². The van der Waals surface area contributed by atoms with E-state index >= 15 is 0 Å². The number of nitrogens with two attached hydrogens (primary N) is 1. The lowest BCUT2D eigenvalue weighted by molar-refractivity contribution is -0.0328. The molecule has 3 rings (SSSR count). The van der Waals surface area contributed by atoms with Gasteiger partial charge in [0.25, 0.3) is 10.2 Å². The summed E-state index contributed by atoms with van der Waals surface area (Å²) < 4.78 is 61.9. The first-order valence-electron chi connectivity index (χ1n) is 8.10. The first kappa shape index (κ1) is 21.0. The number of thioether (sulfide) groups is 1. The Labute approximate surface area is 169 Å². The molecule has 0 saturated carbocycles. The molecule has 5 nitrogen and oxygen atoms in total. The standard InChI is InChI=1S/C19H15F3N2O3S2/c20-19(21,22)28-16-7-4-12(5-8-16)13-2-1-3-14(10-13)15-6-9-18(25)17(11-15)24-29(23,26)27/h1-11,24-25H,(H2,23,26,27). The number of phenols is 1. The van der Waals surface area contributed by atoms with Crippen LogP contribution in [0.5, 0.6) is 5.75 Å². The van der Waals surface area contributed by atoms with Crippen molar-refractivity contribution in [1.29, 1.82) is 0 Å². The van der Waals surface area contributed by atoms with Crippen LogP contribution in [0.4, 0.5) is 18.9 Å². The Balaban J connectivity index is 1.91. The average molecular weight is 440 g/mol. The Morgan fingerprint density at radius 2 is 1.41 bits per heavy atom. The van der Waals surface area contributed by atoms with Crippen LogP contribution >= 0.6 is 11.8 Å². The van der Waals surface area contributed by atoms with E-state index in [1.165, 1.54) is 24.3 Å². The lowest BCUT2D eigenvalue weighted by Gasteiger charge is -2.11. The topological polar surface area (TPSA) is 92.4 Å². The summed E-state index contributed by atoms with van der Waals surface area (Å²) in [6, 6.07) is 17.5. The minimum Gasteiger partial charge on any atom is -0.506 e. The number of halogens is 3. The molecule has 0 amide bonds. The molecule has 0 heterocycles. The molecule has 152 valence electrons. The molecular weight excluding hydrogens is 425 g/mol. The predicted octanol–water partition coefficient (Wildman–Crippen LogP) is 4.95. The summed E-state index contributed by atoms with van der Waals surface area (Å²) in [6.45, 7) is 0. The quantitative estimate of drug-likeness (QED) is 0.387. The number of benzene rings is 3. The zero-order chi connectivity index (χ0) is 21.2. The number of hydrogen-bond acceptors (Lipinski definition) is 4. The Bertz CT molecular complexity index is 1130. The molecule has 0 atom stereocenters. The van der Waals surface area contributed by atoms with Crippen LogP contribution in [-0.4, -0.2) is 19.0 Å². The lowest BCUT2D eigenvalue weighted by atomic mass is 9.99. The van der Waals surface area contributed by atoms with Crippen molar-refractivity contribution in [3.05, 3.63) is 66.7 Å². The van der Waals surface area contributed by atoms with Crippen molar-refractivity contribution in [3.8, 4) is 28.0 Å². The number of rotatable bonds is 5. The molecule has 0 unspecified atom stereocenters. The number of nitrogens with one attached hydrogen (secondary N) is 1. The summed E-state index contributed by atoms with van der Waals surface area (Å²) in [5.41, 5.74) is -1.60. The van der Waals surface area contributed by atoms with Gasteiger partial charge < -0.3 is 5.11 Å². The zero-order valence-corrected chi connectivity index (χ0v) is 16.3. The van der Waals surface area contributed by atoms with Crippen LogP contribution in [0.15, 0.2) is 71.6 Å². The fraction of sp³-hybridized carbons (Fsp3) is 0.0526. The molecular formula is C19H15F3N2O3S2. The number of hydrogen-bond donors (Lipinski definition) is 3. The molecule has 0 spiro atoms. The molecule has 29 heavy (non-hydrogen) atoms. The monoisotopic (exact) mass is 440 g/mol. The second-order valence-electron chi connectivity index (χ2n) is 6.03. The van der Waals surface area contributed by atoms with Gasteiger partial charge >= 0.3 is 5.51 Å². The molecule has 3 aromatic carbocycles. The van der Waals surface area contributed by atoms with Crippen molar-refractivity contribution in [1.82, 2.24) is 0 Å². The van der Waals surface area contributed by atoms with E-state index in [0.29, 0.717) is 11.1 Å². The van der Waals surface area contributed by atoms with Gasteiger partial charge in [-0.1, -0.05) is 36.4 Å². The van der Waals surface area contributed by atoms with Crippen LogP contribution in [-0.2, 0) is 10.2 Å². The van der Waals surface area contributed by atoms with Gasteiger partial charge in [0.15, 0.2) is 0 Å². The molecule has 4 N–H and O–H groups in total. The van der Waals surface area contributed by atoms with Crippen LogP contribution in [0, 0.1) is 0 Å². The molecule has 0 aliphatic carbocycles. The van der Waals surface area contributed by atoms with Crippen LogP contribution in [0.3, 0.4) is 0 Å². The first-order chi connectivity index (χ1) is 13.5. The van der Waals surface area contributed by atoms with Gasteiger partial charge in [-0.15, -0.1) is 0 Å². The van der Waals surface area contributed by atoms with E-state index in [4.69, 9.17) is 5.14 Å². The molecule has 0 radical (unpaired) electrons. The Morgan fingerprint density at radius 1 is 0.862 bits per heavy atom. The smallest absolute Gasteiger partial charge is 0.446 e. The SMILES string of the molecule is NS(=O)(=O)Nc1cc(-c2cccc(-c3ccc(SC(F)(F)F)cc3)c2)ccc1O. The summed E-state index contributed by atoms with van der Waals surface area (Å²) >= 11 is -0.178. The highest BCUT2D eigenvalue weighted by Crippen LogP contribution is 2.38. The minimum atomic E-state index is -4.34. The van der Waals surface area contributed by atoms with E-state index in [2.05, 4.69) is 0 Å². The van der Waals surface area contributed by atoms with Crippen molar-refractivity contribution in [2.24, 2.45) is 5.14 Å². The number of alkyl halides is 3. The maximum Gasteiger partial charge on any atom is 0.446 e. The van der Waals surface area contributed by atoms with Gasteiger partial charge in [-0.2, -0.15) is 21.6 Å². The second kappa shape index (κ2) is 7.97. The fourth-order valence-electron chi connectivity index (χ4n) is 2.68. The van der Waals surface area contributed by atoms with E-state index < -0.39 is 15.7 Å². The van der Waals surface area contributed by atoms with Gasteiger partial charge in [0, 0.05) is 4.90 Å². The van der Waals surface area contributed by atoms with Gasteiger partial charge in [-0.3, -0.25) is 4.72 Å². The Morgan fingerprint density at radius 3 is 2.00 bits per heavy atom. The van der Waals surface area contributed by atoms with Gasteiger partial charge in [-0.05, 0) is 64.3 Å². The minimum absolute atomic E-state index is 0.0658. The summed E-state index contributed by atoms with van der Waals surface area (Å²) in [6.07, 6.45) is 0. The first-order valence-corrected chi connectivity index (χ1v) is 10.5. The summed E-state index contributed by atoms with van der Waals surface area (Å²) in [4.78, 5) is 0.0923. The third kappa shape index (κ3) is 5.89. The van der Waals surface area contributed by atoms with Crippen molar-refractivity contribution < 1.29 is 26.7 Å². The van der Waals surface area contributed by atoms with E-state index in [1.807, 2.05) is 4.72 Å². The molecule has 0 aliphatic rings. The van der Waals surface area contributed by atoms with Gasteiger partial charge in [0.2, 0.25) is 0 Å². The molecule has 0 aromatic heterocycles. The van der Waals surface area contributed by atoms with Crippen molar-refractivity contribution in [2.45, 2.75) is 10.4 Å². The lowest BCUT2D eigenvalue weighted by Crippen LogP contribution is -2.21. The Hall–Kier alpha value is -2.69. The third-order valence-corrected chi connectivity index (χ3v) is 5.11. The normalized spacial score (nSPS) is 12.0. The number of phenolic OH excluding ortho intramolecular Hbond substituents is 1. The highest BCUT2D eigenvalue weighted by atomic mass is 32.2. The predicted molar refractivity (Wildman–Crippen MR) is 108 cm³/mol. The van der Waals surface area contributed by atoms with Crippen molar-refractivity contribution >= 4 is 27.7 Å². The largest absolute Gasteiger partial charge is 0.506 e. The highest BCUT2D eigenvalue weighted by molar-refractivity contribution is 8.00. The zero-order valence-electron chi connectivity index (χ0n) is 14.6. The summed E-state index contributed by atoms with van der Waals surface area (Å²) in [5.74, 6) is -0.281.